The highest BCUT2D eigenvalue weighted by molar-refractivity contribution is 5.74. The van der Waals surface area contributed by atoms with Gasteiger partial charge in [0.25, 0.3) is 0 Å². The van der Waals surface area contributed by atoms with Crippen molar-refractivity contribution in [3.63, 3.8) is 0 Å². The van der Waals surface area contributed by atoms with Crippen LogP contribution >= 0.6 is 0 Å². The van der Waals surface area contributed by atoms with Crippen molar-refractivity contribution in [2.45, 2.75) is 47.0 Å². The van der Waals surface area contributed by atoms with Crippen molar-refractivity contribution >= 4 is 5.57 Å². The molecule has 0 aliphatic heterocycles. The fourth-order valence-electron chi connectivity index (χ4n) is 2.37. The van der Waals surface area contributed by atoms with Crippen molar-refractivity contribution in [3.8, 4) is 0 Å². The summed E-state index contributed by atoms with van der Waals surface area (Å²) < 4.78 is 0. The first-order valence-corrected chi connectivity index (χ1v) is 9.44. The Bertz CT molecular complexity index is 655. The van der Waals surface area contributed by atoms with Gasteiger partial charge in [-0.05, 0) is 36.5 Å². The number of hydrogen-bond donors (Lipinski definition) is 0. The molecule has 2 rings (SSSR count). The molecular weight excluding hydrogens is 300 g/mol. The minimum absolute atomic E-state index is 0.952. The number of unbranched alkanes of at least 4 members (excludes halogenated alkanes) is 1. The number of allylic oxidation sites excluding steroid dienone is 6. The summed E-state index contributed by atoms with van der Waals surface area (Å²) in [6, 6.07) is 19.3. The molecule has 25 heavy (non-hydrogen) atoms. The van der Waals surface area contributed by atoms with Crippen molar-refractivity contribution in [1.29, 1.82) is 0 Å². The third-order valence-electron chi connectivity index (χ3n) is 3.76. The molecule has 0 amide bonds. The van der Waals surface area contributed by atoms with E-state index in [1.807, 2.05) is 13.8 Å². The van der Waals surface area contributed by atoms with E-state index in [9.17, 15) is 0 Å². The van der Waals surface area contributed by atoms with Gasteiger partial charge >= 0.3 is 0 Å². The van der Waals surface area contributed by atoms with Crippen LogP contribution in [0, 0.1) is 6.92 Å². The molecule has 0 heteroatoms. The molecule has 132 valence electrons. The quantitative estimate of drug-likeness (QED) is 0.459. The SMILES string of the molecule is CC.CCC\C=C/C=C/C(=C\Cc1ccc(C)cc1)c1ccccc1. The molecule has 0 aliphatic rings. The number of benzene rings is 2. The van der Waals surface area contributed by atoms with E-state index < -0.39 is 0 Å². The molecule has 0 atom stereocenters. The van der Waals surface area contributed by atoms with Gasteiger partial charge in [0, 0.05) is 0 Å². The molecule has 0 radical (unpaired) electrons. The highest BCUT2D eigenvalue weighted by Crippen LogP contribution is 2.17. The molecular formula is C25H32. The zero-order valence-corrected chi connectivity index (χ0v) is 16.2. The Kier molecular flexibility index (Phi) is 10.8. The van der Waals surface area contributed by atoms with Crippen molar-refractivity contribution in [2.24, 2.45) is 0 Å². The molecule has 0 bridgehead atoms. The Morgan fingerprint density at radius 3 is 2.20 bits per heavy atom. The van der Waals surface area contributed by atoms with Crippen LogP contribution in [0.1, 0.15) is 50.3 Å². The number of aryl methyl sites for hydroxylation is 1. The number of hydrogen-bond acceptors (Lipinski definition) is 0. The highest BCUT2D eigenvalue weighted by atomic mass is 14.0. The van der Waals surface area contributed by atoms with Crippen LogP contribution in [0.25, 0.3) is 5.57 Å². The van der Waals surface area contributed by atoms with E-state index in [1.165, 1.54) is 28.7 Å². The predicted octanol–water partition coefficient (Wildman–Crippen LogP) is 7.56. The van der Waals surface area contributed by atoms with Crippen molar-refractivity contribution in [3.05, 3.63) is 102 Å². The maximum Gasteiger partial charge on any atom is -0.00882 e. The molecule has 0 saturated heterocycles. The molecule has 0 aromatic heterocycles. The van der Waals surface area contributed by atoms with Crippen LogP contribution in [-0.2, 0) is 6.42 Å². The van der Waals surface area contributed by atoms with E-state index in [2.05, 4.69) is 98.8 Å². The topological polar surface area (TPSA) is 0 Å². The lowest BCUT2D eigenvalue weighted by Gasteiger charge is -2.04. The predicted molar refractivity (Wildman–Crippen MR) is 114 cm³/mol. The Hall–Kier alpha value is -2.34. The standard InChI is InChI=1S/C23H26.C2H6/c1-3-4-5-6-8-13-23(22-11-9-7-10-12-22)19-18-21-16-14-20(2)15-17-21;1-2/h5-17,19H,3-4,18H2,1-2H3;1-2H3/b6-5-,13-8+,23-19+;. The molecule has 0 unspecified atom stereocenters. The number of rotatable bonds is 7. The average molecular weight is 333 g/mol. The lowest BCUT2D eigenvalue weighted by molar-refractivity contribution is 0.959. The molecule has 0 N–H and O–H groups in total. The fraction of sp³-hybridized carbons (Fsp3) is 0.280. The molecule has 0 nitrogen and oxygen atoms in total. The van der Waals surface area contributed by atoms with Gasteiger partial charge in [-0.1, -0.05) is 118 Å². The summed E-state index contributed by atoms with van der Waals surface area (Å²) in [4.78, 5) is 0. The fourth-order valence-corrected chi connectivity index (χ4v) is 2.37. The van der Waals surface area contributed by atoms with Crippen LogP contribution in [0.3, 0.4) is 0 Å². The first kappa shape index (κ1) is 20.7. The van der Waals surface area contributed by atoms with Crippen molar-refractivity contribution < 1.29 is 0 Å². The molecule has 0 aliphatic carbocycles. The lowest BCUT2D eigenvalue weighted by atomic mass is 10.0. The smallest absolute Gasteiger partial charge is 0.00882 e. The molecule has 0 saturated carbocycles. The van der Waals surface area contributed by atoms with Gasteiger partial charge in [-0.25, -0.2) is 0 Å². The van der Waals surface area contributed by atoms with Crippen molar-refractivity contribution in [1.82, 2.24) is 0 Å². The second-order valence-corrected chi connectivity index (χ2v) is 5.79. The second kappa shape index (κ2) is 13.0. The van der Waals surface area contributed by atoms with Gasteiger partial charge < -0.3 is 0 Å². The summed E-state index contributed by atoms with van der Waals surface area (Å²) in [6.07, 6.45) is 14.3. The molecule has 0 fully saturated rings. The van der Waals surface area contributed by atoms with E-state index in [4.69, 9.17) is 0 Å². The van der Waals surface area contributed by atoms with Crippen LogP contribution in [0.5, 0.6) is 0 Å². The van der Waals surface area contributed by atoms with Gasteiger partial charge in [-0.15, -0.1) is 0 Å². The summed E-state index contributed by atoms with van der Waals surface area (Å²) in [7, 11) is 0. The first-order valence-electron chi connectivity index (χ1n) is 9.44. The maximum absolute atomic E-state index is 2.31. The van der Waals surface area contributed by atoms with Gasteiger partial charge in [0.1, 0.15) is 0 Å². The summed E-state index contributed by atoms with van der Waals surface area (Å²) in [5.41, 5.74) is 5.19. The van der Waals surface area contributed by atoms with E-state index in [0.717, 1.165) is 12.8 Å². The van der Waals surface area contributed by atoms with Gasteiger partial charge in [0.15, 0.2) is 0 Å². The molecule has 0 spiro atoms. The Morgan fingerprint density at radius 2 is 1.56 bits per heavy atom. The van der Waals surface area contributed by atoms with E-state index in [0.29, 0.717) is 0 Å². The van der Waals surface area contributed by atoms with Crippen LogP contribution in [0.2, 0.25) is 0 Å². The monoisotopic (exact) mass is 332 g/mol. The van der Waals surface area contributed by atoms with Crippen LogP contribution in [-0.4, -0.2) is 0 Å². The summed E-state index contributed by atoms with van der Waals surface area (Å²) in [5, 5.41) is 0. The van der Waals surface area contributed by atoms with Crippen LogP contribution in [0.4, 0.5) is 0 Å². The third-order valence-corrected chi connectivity index (χ3v) is 3.76. The minimum Gasteiger partial charge on any atom is -0.0845 e. The van der Waals surface area contributed by atoms with Crippen molar-refractivity contribution in [2.75, 3.05) is 0 Å². The highest BCUT2D eigenvalue weighted by Gasteiger charge is 1.97. The van der Waals surface area contributed by atoms with Gasteiger partial charge in [0.2, 0.25) is 0 Å². The second-order valence-electron chi connectivity index (χ2n) is 5.79. The van der Waals surface area contributed by atoms with Gasteiger partial charge in [-0.3, -0.25) is 0 Å². The first-order chi connectivity index (χ1) is 12.3. The summed E-state index contributed by atoms with van der Waals surface area (Å²) >= 11 is 0. The van der Waals surface area contributed by atoms with E-state index >= 15 is 0 Å². The third kappa shape index (κ3) is 8.35. The summed E-state index contributed by atoms with van der Waals surface area (Å²) in [6.45, 7) is 8.32. The zero-order chi connectivity index (χ0) is 18.3. The molecule has 2 aromatic rings. The summed E-state index contributed by atoms with van der Waals surface area (Å²) in [5.74, 6) is 0. The van der Waals surface area contributed by atoms with Gasteiger partial charge in [-0.2, -0.15) is 0 Å². The maximum atomic E-state index is 2.31. The molecule has 2 aromatic carbocycles. The zero-order valence-electron chi connectivity index (χ0n) is 16.2. The normalized spacial score (nSPS) is 11.6. The van der Waals surface area contributed by atoms with Gasteiger partial charge in [0.05, 0.1) is 0 Å². The lowest BCUT2D eigenvalue weighted by Crippen LogP contribution is -1.85. The largest absolute Gasteiger partial charge is 0.0845 e. The Morgan fingerprint density at radius 1 is 0.880 bits per heavy atom. The van der Waals surface area contributed by atoms with E-state index in [1.54, 1.807) is 0 Å². The Labute approximate surface area is 154 Å². The van der Waals surface area contributed by atoms with E-state index in [-0.39, 0.29) is 0 Å². The van der Waals surface area contributed by atoms with Crippen LogP contribution in [0.15, 0.2) is 85.0 Å². The Balaban J connectivity index is 0.00000151. The average Bonchev–Trinajstić information content (AvgIpc) is 2.67. The van der Waals surface area contributed by atoms with Crippen LogP contribution < -0.4 is 0 Å². The molecule has 0 heterocycles. The minimum atomic E-state index is 0.952.